The summed E-state index contributed by atoms with van der Waals surface area (Å²) in [6.45, 7) is 0.120. The van der Waals surface area contributed by atoms with Gasteiger partial charge in [0, 0.05) is 23.1 Å². The Morgan fingerprint density at radius 3 is 2.70 bits per heavy atom. The van der Waals surface area contributed by atoms with E-state index in [-0.39, 0.29) is 24.0 Å². The second-order valence-corrected chi connectivity index (χ2v) is 7.54. The van der Waals surface area contributed by atoms with Gasteiger partial charge in [0.1, 0.15) is 18.4 Å². The molecule has 1 spiro atoms. The van der Waals surface area contributed by atoms with E-state index in [0.29, 0.717) is 22.1 Å². The van der Waals surface area contributed by atoms with Crippen LogP contribution in [0.1, 0.15) is 34.3 Å². The zero-order valence-electron chi connectivity index (χ0n) is 14.0. The van der Waals surface area contributed by atoms with Gasteiger partial charge in [0.25, 0.3) is 5.91 Å². The summed E-state index contributed by atoms with van der Waals surface area (Å²) in [6.07, 6.45) is 4.14. The third kappa shape index (κ3) is 3.06. The first-order valence-corrected chi connectivity index (χ1v) is 9.02. The zero-order chi connectivity index (χ0) is 19.2. The van der Waals surface area contributed by atoms with E-state index >= 15 is 0 Å². The summed E-state index contributed by atoms with van der Waals surface area (Å²) in [7, 11) is 0. The average Bonchev–Trinajstić information content (AvgIpc) is 3.42. The van der Waals surface area contributed by atoms with Crippen molar-refractivity contribution < 1.29 is 14.0 Å². The molecule has 1 fully saturated rings. The SMILES string of the molecule is N#Cc1cnc(NC(=O)CN2CC3(CC3)c3c(ccc(Br)c3F)C2=O)nc1. The van der Waals surface area contributed by atoms with Crippen molar-refractivity contribution in [1.29, 1.82) is 5.26 Å². The minimum Gasteiger partial charge on any atom is -0.328 e. The largest absolute Gasteiger partial charge is 0.328 e. The molecule has 9 heteroatoms. The van der Waals surface area contributed by atoms with Crippen molar-refractivity contribution in [1.82, 2.24) is 14.9 Å². The third-order valence-electron chi connectivity index (χ3n) is 4.86. The summed E-state index contributed by atoms with van der Waals surface area (Å²) in [4.78, 5) is 34.3. The van der Waals surface area contributed by atoms with Crippen molar-refractivity contribution in [2.75, 3.05) is 18.4 Å². The summed E-state index contributed by atoms with van der Waals surface area (Å²) in [5.74, 6) is -1.16. The number of nitriles is 1. The molecule has 0 atom stereocenters. The second-order valence-electron chi connectivity index (χ2n) is 6.68. The Labute approximate surface area is 162 Å². The molecule has 2 aliphatic rings. The molecule has 2 aromatic rings. The highest BCUT2D eigenvalue weighted by atomic mass is 79.9. The Bertz CT molecular complexity index is 998. The van der Waals surface area contributed by atoms with E-state index < -0.39 is 17.1 Å². The van der Waals surface area contributed by atoms with Crippen molar-refractivity contribution in [2.45, 2.75) is 18.3 Å². The Morgan fingerprint density at radius 1 is 1.37 bits per heavy atom. The van der Waals surface area contributed by atoms with E-state index in [0.717, 1.165) is 12.8 Å². The maximum absolute atomic E-state index is 14.6. The first-order chi connectivity index (χ1) is 12.9. The normalized spacial score (nSPS) is 16.6. The first kappa shape index (κ1) is 17.5. The quantitative estimate of drug-likeness (QED) is 0.807. The summed E-state index contributed by atoms with van der Waals surface area (Å²) >= 11 is 3.18. The number of amides is 2. The maximum atomic E-state index is 14.6. The number of benzene rings is 1. The summed E-state index contributed by atoms with van der Waals surface area (Å²) in [6, 6.07) is 4.99. The van der Waals surface area contributed by atoms with E-state index in [1.54, 1.807) is 6.07 Å². The van der Waals surface area contributed by atoms with Gasteiger partial charge in [-0.3, -0.25) is 14.9 Å². The number of aromatic nitrogens is 2. The molecule has 0 unspecified atom stereocenters. The number of halogens is 2. The Kier molecular flexibility index (Phi) is 4.15. The van der Waals surface area contributed by atoms with Crippen LogP contribution in [0.2, 0.25) is 0 Å². The van der Waals surface area contributed by atoms with Crippen LogP contribution < -0.4 is 5.32 Å². The van der Waals surface area contributed by atoms with Crippen molar-refractivity contribution in [3.63, 3.8) is 0 Å². The minimum absolute atomic E-state index is 0.0555. The fourth-order valence-corrected chi connectivity index (χ4v) is 3.74. The molecule has 1 N–H and O–H groups in total. The topological polar surface area (TPSA) is 99.0 Å². The van der Waals surface area contributed by atoms with Crippen LogP contribution in [0, 0.1) is 17.1 Å². The van der Waals surface area contributed by atoms with Crippen molar-refractivity contribution in [3.8, 4) is 6.07 Å². The number of nitrogens with zero attached hydrogens (tertiary/aromatic N) is 4. The Hall–Kier alpha value is -2.86. The van der Waals surface area contributed by atoms with E-state index in [9.17, 15) is 14.0 Å². The lowest BCUT2D eigenvalue weighted by atomic mass is 9.86. The molecule has 136 valence electrons. The van der Waals surface area contributed by atoms with Crippen LogP contribution in [0.15, 0.2) is 29.0 Å². The number of hydrogen-bond acceptors (Lipinski definition) is 5. The van der Waals surface area contributed by atoms with Crippen LogP contribution in [-0.2, 0) is 10.2 Å². The van der Waals surface area contributed by atoms with Crippen molar-refractivity contribution in [2.24, 2.45) is 0 Å². The predicted molar refractivity (Wildman–Crippen MR) is 96.3 cm³/mol. The molecule has 1 aromatic carbocycles. The lowest BCUT2D eigenvalue weighted by Crippen LogP contribution is -2.47. The molecule has 0 bridgehead atoms. The number of carbonyl (C=O) groups excluding carboxylic acids is 2. The van der Waals surface area contributed by atoms with Crippen LogP contribution >= 0.6 is 15.9 Å². The number of hydrogen-bond donors (Lipinski definition) is 1. The van der Waals surface area contributed by atoms with Crippen molar-refractivity contribution >= 4 is 33.7 Å². The molecule has 1 saturated carbocycles. The fourth-order valence-electron chi connectivity index (χ4n) is 3.41. The fraction of sp³-hybridized carbons (Fsp3) is 0.278. The lowest BCUT2D eigenvalue weighted by molar-refractivity contribution is -0.117. The molecular formula is C18H13BrFN5O2. The number of carbonyl (C=O) groups is 2. The highest BCUT2D eigenvalue weighted by molar-refractivity contribution is 9.10. The van der Waals surface area contributed by atoms with Crippen LogP contribution in [0.25, 0.3) is 0 Å². The number of fused-ring (bicyclic) bond motifs is 2. The van der Waals surface area contributed by atoms with Crippen molar-refractivity contribution in [3.05, 3.63) is 51.5 Å². The molecule has 1 aromatic heterocycles. The summed E-state index contributed by atoms with van der Waals surface area (Å²) in [5, 5.41) is 11.2. The number of rotatable bonds is 3. The second kappa shape index (κ2) is 6.39. The zero-order valence-corrected chi connectivity index (χ0v) is 15.6. The van der Waals surface area contributed by atoms with Gasteiger partial charge in [-0.05, 0) is 40.9 Å². The maximum Gasteiger partial charge on any atom is 0.254 e. The molecule has 1 aliphatic carbocycles. The highest BCUT2D eigenvalue weighted by Gasteiger charge is 2.53. The van der Waals surface area contributed by atoms with Crippen LogP contribution in [0.5, 0.6) is 0 Å². The van der Waals surface area contributed by atoms with Gasteiger partial charge in [0.15, 0.2) is 0 Å². The van der Waals surface area contributed by atoms with Gasteiger partial charge < -0.3 is 4.90 Å². The van der Waals surface area contributed by atoms with Gasteiger partial charge in [0.05, 0.1) is 22.4 Å². The standard InChI is InChI=1S/C18H13BrFN5O2/c19-12-2-1-11-14(15(12)20)18(3-4-18)9-25(16(11)27)8-13(26)24-17-22-6-10(5-21)7-23-17/h1-2,6-7H,3-4,8-9H2,(H,22,23,24,26). The minimum atomic E-state index is -0.454. The molecule has 0 radical (unpaired) electrons. The molecule has 1 aliphatic heterocycles. The molecule has 2 heterocycles. The summed E-state index contributed by atoms with van der Waals surface area (Å²) in [5.41, 5.74) is 0.623. The van der Waals surface area contributed by atoms with E-state index in [2.05, 4.69) is 31.2 Å². The van der Waals surface area contributed by atoms with Gasteiger partial charge in [-0.2, -0.15) is 5.26 Å². The number of nitrogens with one attached hydrogen (secondary N) is 1. The lowest BCUT2D eigenvalue weighted by Gasteiger charge is -2.34. The highest BCUT2D eigenvalue weighted by Crippen LogP contribution is 2.53. The van der Waals surface area contributed by atoms with E-state index in [1.165, 1.54) is 23.4 Å². The van der Waals surface area contributed by atoms with Gasteiger partial charge in [-0.15, -0.1) is 0 Å². The average molecular weight is 430 g/mol. The van der Waals surface area contributed by atoms with Crippen LogP contribution in [0.3, 0.4) is 0 Å². The van der Waals surface area contributed by atoms with Crippen LogP contribution in [-0.4, -0.2) is 39.8 Å². The van der Waals surface area contributed by atoms with Gasteiger partial charge >= 0.3 is 0 Å². The van der Waals surface area contributed by atoms with Gasteiger partial charge in [-0.1, -0.05) is 0 Å². The van der Waals surface area contributed by atoms with E-state index in [4.69, 9.17) is 5.26 Å². The summed E-state index contributed by atoms with van der Waals surface area (Å²) < 4.78 is 14.9. The first-order valence-electron chi connectivity index (χ1n) is 8.23. The molecule has 0 saturated heterocycles. The number of anilines is 1. The van der Waals surface area contributed by atoms with Gasteiger partial charge in [-0.25, -0.2) is 14.4 Å². The monoisotopic (exact) mass is 429 g/mol. The Morgan fingerprint density at radius 2 is 2.07 bits per heavy atom. The molecule has 27 heavy (non-hydrogen) atoms. The van der Waals surface area contributed by atoms with E-state index in [1.807, 2.05) is 6.07 Å². The molecule has 4 rings (SSSR count). The Balaban J connectivity index is 1.53. The third-order valence-corrected chi connectivity index (χ3v) is 5.47. The molecule has 2 amide bonds. The predicted octanol–water partition coefficient (Wildman–Crippen LogP) is 2.38. The smallest absolute Gasteiger partial charge is 0.254 e. The van der Waals surface area contributed by atoms with Gasteiger partial charge in [0.2, 0.25) is 11.9 Å². The molecular weight excluding hydrogens is 417 g/mol. The molecule has 7 nitrogen and oxygen atoms in total. The van der Waals surface area contributed by atoms with Crippen LogP contribution in [0.4, 0.5) is 10.3 Å².